The second-order valence-electron chi connectivity index (χ2n) is 5.61. The van der Waals surface area contributed by atoms with Gasteiger partial charge in [0.2, 0.25) is 0 Å². The van der Waals surface area contributed by atoms with E-state index in [1.807, 2.05) is 18.3 Å². The first-order valence-corrected chi connectivity index (χ1v) is 7.40. The largest absolute Gasteiger partial charge is 0.335 e. The Morgan fingerprint density at radius 3 is 2.95 bits per heavy atom. The van der Waals surface area contributed by atoms with E-state index in [0.717, 1.165) is 34.1 Å². The van der Waals surface area contributed by atoms with Crippen LogP contribution in [0.4, 0.5) is 5.69 Å². The highest BCUT2D eigenvalue weighted by atomic mass is 32.2. The third-order valence-electron chi connectivity index (χ3n) is 3.10. The van der Waals surface area contributed by atoms with Crippen LogP contribution in [0.15, 0.2) is 41.5 Å². The zero-order chi connectivity index (χ0) is 13.3. The number of amidine groups is 1. The summed E-state index contributed by atoms with van der Waals surface area (Å²) in [6.45, 7) is 5.39. The highest BCUT2D eigenvalue weighted by Crippen LogP contribution is 2.28. The Bertz CT molecular complexity index is 634. The number of hydrogen-bond donors (Lipinski definition) is 1. The number of benzene rings is 1. The number of thioether (sulfide) groups is 1. The Morgan fingerprint density at radius 1 is 1.26 bits per heavy atom. The van der Waals surface area contributed by atoms with E-state index in [0.29, 0.717) is 5.41 Å². The summed E-state index contributed by atoms with van der Waals surface area (Å²) in [5, 5.41) is 5.56. The molecule has 19 heavy (non-hydrogen) atoms. The molecule has 3 rings (SSSR count). The van der Waals surface area contributed by atoms with Gasteiger partial charge in [0.1, 0.15) is 0 Å². The lowest BCUT2D eigenvalue weighted by Gasteiger charge is -2.27. The summed E-state index contributed by atoms with van der Waals surface area (Å²) in [6, 6.07) is 10.2. The molecule has 2 aromatic rings. The molecule has 0 atom stereocenters. The highest BCUT2D eigenvalue weighted by Gasteiger charge is 2.23. The summed E-state index contributed by atoms with van der Waals surface area (Å²) in [5.74, 6) is 1.11. The van der Waals surface area contributed by atoms with Crippen LogP contribution in [0, 0.1) is 5.41 Å². The van der Waals surface area contributed by atoms with Crippen LogP contribution in [0.3, 0.4) is 0 Å². The monoisotopic (exact) mass is 271 g/mol. The van der Waals surface area contributed by atoms with Crippen molar-refractivity contribution in [3.05, 3.63) is 36.5 Å². The van der Waals surface area contributed by atoms with Crippen LogP contribution < -0.4 is 5.32 Å². The maximum absolute atomic E-state index is 4.61. The fourth-order valence-corrected chi connectivity index (χ4v) is 2.96. The van der Waals surface area contributed by atoms with E-state index in [9.17, 15) is 0 Å². The zero-order valence-corrected chi connectivity index (χ0v) is 12.0. The molecule has 98 valence electrons. The Hall–Kier alpha value is -1.55. The molecule has 0 fully saturated rings. The minimum absolute atomic E-state index is 0.309. The van der Waals surface area contributed by atoms with Crippen molar-refractivity contribution in [2.24, 2.45) is 10.4 Å². The fraction of sp³-hybridized carbons (Fsp3) is 0.333. The van der Waals surface area contributed by atoms with Crippen molar-refractivity contribution in [1.29, 1.82) is 0 Å². The number of anilines is 1. The van der Waals surface area contributed by atoms with E-state index < -0.39 is 0 Å². The zero-order valence-electron chi connectivity index (χ0n) is 11.2. The van der Waals surface area contributed by atoms with Gasteiger partial charge in [-0.25, -0.2) is 0 Å². The van der Waals surface area contributed by atoms with E-state index in [4.69, 9.17) is 0 Å². The Morgan fingerprint density at radius 2 is 2.16 bits per heavy atom. The SMILES string of the molecule is CC1(C)CN=C(Nc2ccc3ncccc3c2)SC1. The molecule has 1 aromatic heterocycles. The van der Waals surface area contributed by atoms with Gasteiger partial charge >= 0.3 is 0 Å². The maximum atomic E-state index is 4.61. The average Bonchev–Trinajstić information content (AvgIpc) is 2.41. The molecule has 1 N–H and O–H groups in total. The lowest BCUT2D eigenvalue weighted by molar-refractivity contribution is 0.438. The number of aliphatic imine (C=N–C) groups is 1. The van der Waals surface area contributed by atoms with E-state index in [-0.39, 0.29) is 0 Å². The molecular weight excluding hydrogens is 254 g/mol. The van der Waals surface area contributed by atoms with Gasteiger partial charge in [-0.2, -0.15) is 0 Å². The van der Waals surface area contributed by atoms with Crippen LogP contribution in [0.25, 0.3) is 10.9 Å². The van der Waals surface area contributed by atoms with Gasteiger partial charge in [0, 0.05) is 29.6 Å². The number of fused-ring (bicyclic) bond motifs is 1. The summed E-state index contributed by atoms with van der Waals surface area (Å²) >= 11 is 1.79. The molecule has 4 heteroatoms. The molecule has 1 aromatic carbocycles. The molecular formula is C15H17N3S. The number of aromatic nitrogens is 1. The summed E-state index contributed by atoms with van der Waals surface area (Å²) in [7, 11) is 0. The lowest BCUT2D eigenvalue weighted by atomic mass is 9.97. The number of hydrogen-bond acceptors (Lipinski definition) is 4. The fourth-order valence-electron chi connectivity index (χ4n) is 1.99. The van der Waals surface area contributed by atoms with E-state index in [1.54, 1.807) is 11.8 Å². The van der Waals surface area contributed by atoms with Gasteiger partial charge in [-0.15, -0.1) is 0 Å². The molecule has 2 heterocycles. The number of nitrogens with zero attached hydrogens (tertiary/aromatic N) is 2. The summed E-state index contributed by atoms with van der Waals surface area (Å²) in [4.78, 5) is 8.94. The molecule has 1 aliphatic rings. The van der Waals surface area contributed by atoms with Gasteiger partial charge in [0.25, 0.3) is 0 Å². The normalized spacial score (nSPS) is 18.1. The minimum atomic E-state index is 0.309. The van der Waals surface area contributed by atoms with E-state index in [1.165, 1.54) is 0 Å². The topological polar surface area (TPSA) is 37.3 Å². The molecule has 0 unspecified atom stereocenters. The van der Waals surface area contributed by atoms with Gasteiger partial charge in [-0.3, -0.25) is 9.98 Å². The first kappa shape index (κ1) is 12.5. The predicted octanol–water partition coefficient (Wildman–Crippen LogP) is 3.78. The third-order valence-corrected chi connectivity index (χ3v) is 4.54. The first-order chi connectivity index (χ1) is 9.12. The van der Waals surface area contributed by atoms with Gasteiger partial charge in [0.05, 0.1) is 5.52 Å². The summed E-state index contributed by atoms with van der Waals surface area (Å²) < 4.78 is 0. The van der Waals surface area contributed by atoms with Crippen LogP contribution in [-0.4, -0.2) is 22.4 Å². The Balaban J connectivity index is 1.80. The summed E-state index contributed by atoms with van der Waals surface area (Å²) in [6.07, 6.45) is 1.82. The number of rotatable bonds is 1. The Kier molecular flexibility index (Phi) is 3.19. The molecule has 0 bridgehead atoms. The third kappa shape index (κ3) is 2.89. The van der Waals surface area contributed by atoms with E-state index in [2.05, 4.69) is 47.3 Å². The molecule has 1 aliphatic heterocycles. The predicted molar refractivity (Wildman–Crippen MR) is 83.9 cm³/mol. The van der Waals surface area contributed by atoms with Crippen molar-refractivity contribution in [1.82, 2.24) is 4.98 Å². The van der Waals surface area contributed by atoms with Crippen molar-refractivity contribution in [3.63, 3.8) is 0 Å². The second kappa shape index (κ2) is 4.85. The minimum Gasteiger partial charge on any atom is -0.335 e. The second-order valence-corrected chi connectivity index (χ2v) is 6.57. The van der Waals surface area contributed by atoms with Gasteiger partial charge < -0.3 is 5.32 Å². The van der Waals surface area contributed by atoms with Crippen molar-refractivity contribution in [2.75, 3.05) is 17.6 Å². The van der Waals surface area contributed by atoms with Crippen molar-refractivity contribution < 1.29 is 0 Å². The molecule has 3 nitrogen and oxygen atoms in total. The maximum Gasteiger partial charge on any atom is 0.161 e. The molecule has 0 aliphatic carbocycles. The quantitative estimate of drug-likeness (QED) is 0.857. The molecule has 0 saturated heterocycles. The van der Waals surface area contributed by atoms with Crippen molar-refractivity contribution >= 4 is 33.5 Å². The van der Waals surface area contributed by atoms with Crippen molar-refractivity contribution in [3.8, 4) is 0 Å². The van der Waals surface area contributed by atoms with Gasteiger partial charge in [-0.05, 0) is 29.7 Å². The van der Waals surface area contributed by atoms with Crippen LogP contribution in [0.1, 0.15) is 13.8 Å². The standard InChI is InChI=1S/C15H17N3S/c1-15(2)9-17-14(19-10-15)18-12-5-6-13-11(8-12)4-3-7-16-13/h3-8H,9-10H2,1-2H3,(H,17,18). The number of nitrogens with one attached hydrogen (secondary N) is 1. The highest BCUT2D eigenvalue weighted by molar-refractivity contribution is 8.14. The number of pyridine rings is 1. The first-order valence-electron chi connectivity index (χ1n) is 6.41. The van der Waals surface area contributed by atoms with Crippen LogP contribution in [0.2, 0.25) is 0 Å². The average molecular weight is 271 g/mol. The molecule has 0 spiro atoms. The smallest absolute Gasteiger partial charge is 0.161 e. The molecule has 0 saturated carbocycles. The van der Waals surface area contributed by atoms with Crippen LogP contribution in [0.5, 0.6) is 0 Å². The van der Waals surface area contributed by atoms with Crippen molar-refractivity contribution in [2.45, 2.75) is 13.8 Å². The Labute approximate surface area is 117 Å². The summed E-state index contributed by atoms with van der Waals surface area (Å²) in [5.41, 5.74) is 2.40. The van der Waals surface area contributed by atoms with Crippen LogP contribution in [-0.2, 0) is 0 Å². The van der Waals surface area contributed by atoms with Gasteiger partial charge in [0.15, 0.2) is 5.17 Å². The molecule has 0 radical (unpaired) electrons. The van der Waals surface area contributed by atoms with E-state index >= 15 is 0 Å². The van der Waals surface area contributed by atoms with Gasteiger partial charge in [-0.1, -0.05) is 31.7 Å². The lowest BCUT2D eigenvalue weighted by Crippen LogP contribution is -2.27. The molecule has 0 amide bonds. The van der Waals surface area contributed by atoms with Crippen LogP contribution >= 0.6 is 11.8 Å².